The molecule has 0 aliphatic rings. The van der Waals surface area contributed by atoms with Crippen LogP contribution in [0.2, 0.25) is 0 Å². The fourth-order valence-electron chi connectivity index (χ4n) is 1.55. The van der Waals surface area contributed by atoms with Gasteiger partial charge in [-0.3, -0.25) is 4.79 Å². The van der Waals surface area contributed by atoms with Crippen molar-refractivity contribution in [3.8, 4) is 11.8 Å². The topological polar surface area (TPSA) is 58.6 Å². The fraction of sp³-hybridized carbons (Fsp3) is 0.438. The fourth-order valence-corrected chi connectivity index (χ4v) is 1.55. The molecule has 4 heteroatoms. The second-order valence-corrected chi connectivity index (χ2v) is 4.41. The summed E-state index contributed by atoms with van der Waals surface area (Å²) in [5, 5.41) is 11.5. The van der Waals surface area contributed by atoms with Gasteiger partial charge in [-0.15, -0.1) is 0 Å². The molecule has 0 saturated carbocycles. The Morgan fingerprint density at radius 2 is 2.25 bits per heavy atom. The summed E-state index contributed by atoms with van der Waals surface area (Å²) < 4.78 is 5.18. The Morgan fingerprint density at radius 1 is 1.45 bits per heavy atom. The van der Waals surface area contributed by atoms with Crippen molar-refractivity contribution in [2.75, 3.05) is 25.1 Å². The molecule has 0 bridgehead atoms. The number of hydrogen-bond acceptors (Lipinski definition) is 3. The molecule has 1 aromatic carbocycles. The standard InChI is InChI=1S/C16H21NO3/c1-3-10-20-12-16(19)17-15-8-7-13(2)14(11-15)6-4-5-9-18/h7-8,11,18H,3,5,9-10,12H2,1-2H3,(H,17,19). The zero-order valence-corrected chi connectivity index (χ0v) is 12.0. The second kappa shape index (κ2) is 9.13. The molecule has 0 unspecified atom stereocenters. The van der Waals surface area contributed by atoms with Gasteiger partial charge in [-0.2, -0.15) is 0 Å². The molecule has 0 saturated heterocycles. The Kier molecular flexibility index (Phi) is 7.41. The predicted octanol–water partition coefficient (Wildman–Crippen LogP) is 2.09. The Morgan fingerprint density at radius 3 is 2.95 bits per heavy atom. The lowest BCUT2D eigenvalue weighted by molar-refractivity contribution is -0.120. The number of ether oxygens (including phenoxy) is 1. The normalized spacial score (nSPS) is 9.75. The maximum atomic E-state index is 11.6. The first kappa shape index (κ1) is 16.2. The van der Waals surface area contributed by atoms with Crippen LogP contribution in [0.25, 0.3) is 0 Å². The van der Waals surface area contributed by atoms with Crippen molar-refractivity contribution in [1.82, 2.24) is 0 Å². The van der Waals surface area contributed by atoms with Gasteiger partial charge in [0.25, 0.3) is 0 Å². The van der Waals surface area contributed by atoms with Crippen molar-refractivity contribution >= 4 is 11.6 Å². The van der Waals surface area contributed by atoms with Crippen LogP contribution in [0.15, 0.2) is 18.2 Å². The number of aliphatic hydroxyl groups is 1. The summed E-state index contributed by atoms with van der Waals surface area (Å²) in [6.45, 7) is 4.65. The van der Waals surface area contributed by atoms with Gasteiger partial charge < -0.3 is 15.2 Å². The summed E-state index contributed by atoms with van der Waals surface area (Å²) in [6.07, 6.45) is 1.34. The van der Waals surface area contributed by atoms with E-state index in [1.54, 1.807) is 0 Å². The Hall–Kier alpha value is -1.83. The van der Waals surface area contributed by atoms with Crippen molar-refractivity contribution in [2.45, 2.75) is 26.7 Å². The molecule has 1 rings (SSSR count). The average molecular weight is 275 g/mol. The lowest BCUT2D eigenvalue weighted by Gasteiger charge is -2.07. The number of carbonyl (C=O) groups is 1. The molecule has 0 heterocycles. The molecule has 20 heavy (non-hydrogen) atoms. The third-order valence-electron chi connectivity index (χ3n) is 2.56. The van der Waals surface area contributed by atoms with E-state index in [-0.39, 0.29) is 19.1 Å². The Balaban J connectivity index is 2.65. The van der Waals surface area contributed by atoms with E-state index in [1.807, 2.05) is 32.0 Å². The minimum atomic E-state index is -0.170. The highest BCUT2D eigenvalue weighted by Crippen LogP contribution is 2.14. The van der Waals surface area contributed by atoms with Crippen LogP contribution in [-0.2, 0) is 9.53 Å². The van der Waals surface area contributed by atoms with E-state index in [9.17, 15) is 4.79 Å². The van der Waals surface area contributed by atoms with Crippen LogP contribution in [0.1, 0.15) is 30.9 Å². The summed E-state index contributed by atoms with van der Waals surface area (Å²) in [6, 6.07) is 5.58. The van der Waals surface area contributed by atoms with Crippen LogP contribution < -0.4 is 5.32 Å². The molecule has 2 N–H and O–H groups in total. The molecule has 0 atom stereocenters. The number of hydrogen-bond donors (Lipinski definition) is 2. The van der Waals surface area contributed by atoms with Crippen molar-refractivity contribution in [2.24, 2.45) is 0 Å². The van der Waals surface area contributed by atoms with E-state index in [0.29, 0.717) is 18.7 Å². The minimum absolute atomic E-state index is 0.0528. The highest BCUT2D eigenvalue weighted by molar-refractivity contribution is 5.91. The van der Waals surface area contributed by atoms with Crippen LogP contribution >= 0.6 is 0 Å². The van der Waals surface area contributed by atoms with Gasteiger partial charge in [0.05, 0.1) is 6.61 Å². The summed E-state index contributed by atoms with van der Waals surface area (Å²) in [5.41, 5.74) is 2.59. The molecule has 0 radical (unpaired) electrons. The molecule has 108 valence electrons. The lowest BCUT2D eigenvalue weighted by atomic mass is 10.1. The predicted molar refractivity (Wildman–Crippen MR) is 79.5 cm³/mol. The van der Waals surface area contributed by atoms with E-state index in [1.165, 1.54) is 0 Å². The highest BCUT2D eigenvalue weighted by Gasteiger charge is 2.04. The molecule has 0 spiro atoms. The SMILES string of the molecule is CCCOCC(=O)Nc1ccc(C)c(C#CCCO)c1. The Labute approximate surface area is 120 Å². The maximum Gasteiger partial charge on any atom is 0.250 e. The zero-order valence-electron chi connectivity index (χ0n) is 12.0. The Bertz CT molecular complexity index is 500. The first-order valence-electron chi connectivity index (χ1n) is 6.75. The number of anilines is 1. The van der Waals surface area contributed by atoms with Crippen LogP contribution in [-0.4, -0.2) is 30.8 Å². The van der Waals surface area contributed by atoms with Gasteiger partial charge in [0, 0.05) is 24.3 Å². The van der Waals surface area contributed by atoms with Gasteiger partial charge in [0.15, 0.2) is 0 Å². The molecular formula is C16H21NO3. The van der Waals surface area contributed by atoms with Gasteiger partial charge in [-0.05, 0) is 31.0 Å². The number of amides is 1. The second-order valence-electron chi connectivity index (χ2n) is 4.41. The monoisotopic (exact) mass is 275 g/mol. The van der Waals surface area contributed by atoms with E-state index < -0.39 is 0 Å². The molecule has 1 aromatic rings. The number of aliphatic hydroxyl groups excluding tert-OH is 1. The lowest BCUT2D eigenvalue weighted by Crippen LogP contribution is -2.18. The molecule has 0 fully saturated rings. The van der Waals surface area contributed by atoms with Crippen LogP contribution in [0, 0.1) is 18.8 Å². The van der Waals surface area contributed by atoms with Gasteiger partial charge in [0.1, 0.15) is 6.61 Å². The summed E-state index contributed by atoms with van der Waals surface area (Å²) >= 11 is 0. The van der Waals surface area contributed by atoms with Crippen molar-refractivity contribution < 1.29 is 14.6 Å². The zero-order chi connectivity index (χ0) is 14.8. The number of rotatable bonds is 6. The highest BCUT2D eigenvalue weighted by atomic mass is 16.5. The van der Waals surface area contributed by atoms with E-state index in [0.717, 1.165) is 17.5 Å². The molecule has 0 aliphatic carbocycles. The molecule has 0 aliphatic heterocycles. The van der Waals surface area contributed by atoms with Gasteiger partial charge in [-0.25, -0.2) is 0 Å². The number of benzene rings is 1. The largest absolute Gasteiger partial charge is 0.395 e. The number of nitrogens with one attached hydrogen (secondary N) is 1. The quantitative estimate of drug-likeness (QED) is 0.617. The van der Waals surface area contributed by atoms with Crippen LogP contribution in [0.5, 0.6) is 0 Å². The van der Waals surface area contributed by atoms with Gasteiger partial charge in [-0.1, -0.05) is 24.8 Å². The van der Waals surface area contributed by atoms with Gasteiger partial charge in [0.2, 0.25) is 5.91 Å². The smallest absolute Gasteiger partial charge is 0.250 e. The van der Waals surface area contributed by atoms with E-state index in [4.69, 9.17) is 9.84 Å². The molecular weight excluding hydrogens is 254 g/mol. The van der Waals surface area contributed by atoms with Crippen molar-refractivity contribution in [3.63, 3.8) is 0 Å². The first-order valence-corrected chi connectivity index (χ1v) is 6.75. The molecule has 4 nitrogen and oxygen atoms in total. The first-order chi connectivity index (χ1) is 9.67. The third-order valence-corrected chi connectivity index (χ3v) is 2.56. The third kappa shape index (κ3) is 5.87. The van der Waals surface area contributed by atoms with Crippen molar-refractivity contribution in [3.05, 3.63) is 29.3 Å². The van der Waals surface area contributed by atoms with Crippen LogP contribution in [0.4, 0.5) is 5.69 Å². The van der Waals surface area contributed by atoms with Crippen molar-refractivity contribution in [1.29, 1.82) is 0 Å². The summed E-state index contributed by atoms with van der Waals surface area (Å²) in [7, 11) is 0. The molecule has 1 amide bonds. The van der Waals surface area contributed by atoms with Crippen LogP contribution in [0.3, 0.4) is 0 Å². The number of carbonyl (C=O) groups excluding carboxylic acids is 1. The molecule has 0 aromatic heterocycles. The van der Waals surface area contributed by atoms with Gasteiger partial charge >= 0.3 is 0 Å². The van der Waals surface area contributed by atoms with E-state index >= 15 is 0 Å². The summed E-state index contributed by atoms with van der Waals surface area (Å²) in [5.74, 6) is 5.69. The number of aryl methyl sites for hydroxylation is 1. The minimum Gasteiger partial charge on any atom is -0.395 e. The summed E-state index contributed by atoms with van der Waals surface area (Å²) in [4.78, 5) is 11.6. The van der Waals surface area contributed by atoms with E-state index in [2.05, 4.69) is 17.2 Å². The maximum absolute atomic E-state index is 11.6. The average Bonchev–Trinajstić information content (AvgIpc) is 2.43.